The Bertz CT molecular complexity index is 405. The van der Waals surface area contributed by atoms with E-state index in [-0.39, 0.29) is 12.6 Å². The molecule has 8 heteroatoms. The van der Waals surface area contributed by atoms with Crippen LogP contribution < -0.4 is 5.30 Å². The minimum absolute atomic E-state index is 0.216. The minimum Gasteiger partial charge on any atom is -0.481 e. The smallest absolute Gasteiger partial charge is 0.324 e. The Kier molecular flexibility index (Phi) is 7.59. The summed E-state index contributed by atoms with van der Waals surface area (Å²) >= 11 is 0. The fourth-order valence-electron chi connectivity index (χ4n) is 1.04. The molecule has 0 fully saturated rings. The van der Waals surface area contributed by atoms with Gasteiger partial charge in [-0.15, -0.1) is 0 Å². The van der Waals surface area contributed by atoms with E-state index in [2.05, 4.69) is 0 Å². The standard InChI is InChI=1S/C9H11O4P.HO2P/c10-9(11)6-7-14(12,13)8-4-2-1-3-5-8;1-3-2/h1-5H,6-7H2,(H,10,11)(H,12,13);(H,1,2). The van der Waals surface area contributed by atoms with Crippen molar-refractivity contribution in [1.82, 2.24) is 0 Å². The molecule has 3 N–H and O–H groups in total. The molecule has 0 aliphatic carbocycles. The molecule has 0 radical (unpaired) electrons. The largest absolute Gasteiger partial charge is 0.481 e. The van der Waals surface area contributed by atoms with Gasteiger partial charge < -0.3 is 14.9 Å². The van der Waals surface area contributed by atoms with Gasteiger partial charge in [0.25, 0.3) is 0 Å². The third-order valence-corrected chi connectivity index (χ3v) is 3.72. The van der Waals surface area contributed by atoms with Crippen LogP contribution in [0, 0.1) is 0 Å². The highest BCUT2D eigenvalue weighted by Gasteiger charge is 2.21. The van der Waals surface area contributed by atoms with Crippen molar-refractivity contribution in [2.45, 2.75) is 6.42 Å². The molecule has 1 aromatic carbocycles. The maximum atomic E-state index is 11.6. The Labute approximate surface area is 99.7 Å². The van der Waals surface area contributed by atoms with Gasteiger partial charge in [-0.1, -0.05) is 18.2 Å². The van der Waals surface area contributed by atoms with Gasteiger partial charge in [-0.25, -0.2) is 4.57 Å². The van der Waals surface area contributed by atoms with E-state index >= 15 is 0 Å². The van der Waals surface area contributed by atoms with Gasteiger partial charge in [0.2, 0.25) is 7.37 Å². The Morgan fingerprint density at radius 3 is 2.18 bits per heavy atom. The van der Waals surface area contributed by atoms with Gasteiger partial charge in [-0.2, -0.15) is 0 Å². The van der Waals surface area contributed by atoms with Crippen molar-refractivity contribution >= 4 is 27.3 Å². The monoisotopic (exact) mass is 278 g/mol. The summed E-state index contributed by atoms with van der Waals surface area (Å²) in [6.45, 7) is 0. The molecule has 6 nitrogen and oxygen atoms in total. The van der Waals surface area contributed by atoms with E-state index in [4.69, 9.17) is 14.6 Å². The average Bonchev–Trinajstić information content (AvgIpc) is 2.29. The molecule has 0 spiro atoms. The highest BCUT2D eigenvalue weighted by atomic mass is 31.2. The zero-order valence-electron chi connectivity index (χ0n) is 8.76. The molecule has 0 saturated carbocycles. The van der Waals surface area contributed by atoms with Crippen LogP contribution in [0.4, 0.5) is 0 Å². The Morgan fingerprint density at radius 1 is 1.29 bits per heavy atom. The minimum atomic E-state index is -3.48. The van der Waals surface area contributed by atoms with Crippen LogP contribution in [0.1, 0.15) is 6.42 Å². The van der Waals surface area contributed by atoms with Crippen LogP contribution in [0.3, 0.4) is 0 Å². The maximum absolute atomic E-state index is 11.6. The first-order valence-corrected chi connectivity index (χ1v) is 7.11. The number of hydrogen-bond acceptors (Lipinski definition) is 3. The van der Waals surface area contributed by atoms with E-state index in [1.165, 1.54) is 12.1 Å². The van der Waals surface area contributed by atoms with Gasteiger partial charge in [0.05, 0.1) is 6.42 Å². The summed E-state index contributed by atoms with van der Waals surface area (Å²) in [5.74, 6) is -1.06. The highest BCUT2D eigenvalue weighted by Crippen LogP contribution is 2.39. The molecular weight excluding hydrogens is 266 g/mol. The lowest BCUT2D eigenvalue weighted by atomic mass is 10.4. The van der Waals surface area contributed by atoms with Crippen molar-refractivity contribution in [2.24, 2.45) is 0 Å². The van der Waals surface area contributed by atoms with Crippen LogP contribution in [0.2, 0.25) is 0 Å². The first-order chi connectivity index (χ1) is 7.94. The van der Waals surface area contributed by atoms with Gasteiger partial charge in [-0.05, 0) is 12.1 Å². The van der Waals surface area contributed by atoms with E-state index in [0.29, 0.717) is 5.30 Å². The van der Waals surface area contributed by atoms with Gasteiger partial charge in [0.15, 0.2) is 0 Å². The van der Waals surface area contributed by atoms with Crippen LogP contribution in [-0.4, -0.2) is 27.0 Å². The predicted molar refractivity (Wildman–Crippen MR) is 62.8 cm³/mol. The third kappa shape index (κ3) is 6.97. The Hall–Kier alpha value is -1.06. The molecule has 1 aromatic rings. The van der Waals surface area contributed by atoms with Crippen LogP contribution >= 0.6 is 16.1 Å². The normalized spacial score (nSPS) is 13.3. The van der Waals surface area contributed by atoms with Crippen molar-refractivity contribution in [3.8, 4) is 0 Å². The second kappa shape index (κ2) is 8.09. The molecule has 0 aliphatic rings. The number of carboxylic acid groups (broad SMARTS) is 1. The number of carbonyl (C=O) groups is 1. The van der Waals surface area contributed by atoms with Gasteiger partial charge in [0, 0.05) is 11.5 Å². The number of carboxylic acids is 1. The molecule has 0 aliphatic heterocycles. The molecule has 1 unspecified atom stereocenters. The second-order valence-corrected chi connectivity index (χ2v) is 5.52. The predicted octanol–water partition coefficient (Wildman–Crippen LogP) is 1.24. The molecule has 0 bridgehead atoms. The molecule has 0 saturated heterocycles. The summed E-state index contributed by atoms with van der Waals surface area (Å²) in [6, 6.07) is 8.10. The molecule has 0 amide bonds. The van der Waals surface area contributed by atoms with Gasteiger partial charge in [-0.3, -0.25) is 9.36 Å². The first kappa shape index (κ1) is 15.9. The van der Waals surface area contributed by atoms with Crippen molar-refractivity contribution < 1.29 is 28.8 Å². The van der Waals surface area contributed by atoms with Crippen LogP contribution in [-0.2, 0) is 13.9 Å². The Morgan fingerprint density at radius 2 is 1.76 bits per heavy atom. The molecular formula is C9H12O6P2. The van der Waals surface area contributed by atoms with Crippen molar-refractivity contribution in [3.63, 3.8) is 0 Å². The molecule has 17 heavy (non-hydrogen) atoms. The number of benzene rings is 1. The lowest BCUT2D eigenvalue weighted by molar-refractivity contribution is -0.136. The fourth-order valence-corrected chi connectivity index (χ4v) is 2.43. The zero-order valence-corrected chi connectivity index (χ0v) is 10.6. The van der Waals surface area contributed by atoms with Gasteiger partial charge in [0.1, 0.15) is 0 Å². The zero-order chi connectivity index (χ0) is 13.3. The summed E-state index contributed by atoms with van der Waals surface area (Å²) in [5, 5.41) is 8.70. The number of rotatable bonds is 4. The lowest BCUT2D eigenvalue weighted by Crippen LogP contribution is -2.09. The lowest BCUT2D eigenvalue weighted by Gasteiger charge is -2.09. The SMILES string of the molecule is O=C(O)CCP(=O)(O)c1ccccc1.O=PO. The number of hydrogen-bond donors (Lipinski definition) is 3. The quantitative estimate of drug-likeness (QED) is 0.714. The second-order valence-electron chi connectivity index (χ2n) is 2.99. The summed E-state index contributed by atoms with van der Waals surface area (Å²) < 4.78 is 20.1. The average molecular weight is 278 g/mol. The summed E-state index contributed by atoms with van der Waals surface area (Å²) in [7, 11) is -4.31. The Balaban J connectivity index is 0.000000770. The van der Waals surface area contributed by atoms with Crippen molar-refractivity contribution in [1.29, 1.82) is 0 Å². The molecule has 94 valence electrons. The van der Waals surface area contributed by atoms with Gasteiger partial charge >= 0.3 is 14.7 Å². The summed E-state index contributed by atoms with van der Waals surface area (Å²) in [4.78, 5) is 26.8. The van der Waals surface area contributed by atoms with Crippen LogP contribution in [0.15, 0.2) is 30.3 Å². The van der Waals surface area contributed by atoms with E-state index in [9.17, 15) is 14.3 Å². The fraction of sp³-hybridized carbons (Fsp3) is 0.222. The number of aliphatic carboxylic acids is 1. The topological polar surface area (TPSA) is 112 Å². The van der Waals surface area contributed by atoms with Crippen molar-refractivity contribution in [3.05, 3.63) is 30.3 Å². The highest BCUT2D eigenvalue weighted by molar-refractivity contribution is 7.66. The van der Waals surface area contributed by atoms with E-state index in [1.54, 1.807) is 18.2 Å². The van der Waals surface area contributed by atoms with Crippen molar-refractivity contribution in [2.75, 3.05) is 6.16 Å². The van der Waals surface area contributed by atoms with Crippen LogP contribution in [0.25, 0.3) is 0 Å². The summed E-state index contributed by atoms with van der Waals surface area (Å²) in [6.07, 6.45) is -0.505. The molecule has 0 heterocycles. The molecule has 1 rings (SSSR count). The maximum Gasteiger partial charge on any atom is 0.324 e. The molecule has 1 atom stereocenters. The first-order valence-electron chi connectivity index (χ1n) is 4.50. The molecule has 0 aromatic heterocycles. The van der Waals surface area contributed by atoms with E-state index < -0.39 is 22.0 Å². The van der Waals surface area contributed by atoms with E-state index in [0.717, 1.165) is 0 Å². The van der Waals surface area contributed by atoms with Crippen LogP contribution in [0.5, 0.6) is 0 Å². The summed E-state index contributed by atoms with van der Waals surface area (Å²) in [5.41, 5.74) is 0. The third-order valence-electron chi connectivity index (χ3n) is 1.79. The van der Waals surface area contributed by atoms with E-state index in [1.807, 2.05) is 0 Å².